The number of hydrogen-bond donors (Lipinski definition) is 1. The van der Waals surface area contributed by atoms with E-state index in [4.69, 9.17) is 9.47 Å². The normalized spacial score (nSPS) is 11.3. The molecule has 0 aliphatic carbocycles. The van der Waals surface area contributed by atoms with Crippen LogP contribution in [0.4, 0.5) is 15.8 Å². The highest BCUT2D eigenvalue weighted by molar-refractivity contribution is 5.98. The van der Waals surface area contributed by atoms with Crippen LogP contribution >= 0.6 is 0 Å². The Morgan fingerprint density at radius 1 is 1.06 bits per heavy atom. The van der Waals surface area contributed by atoms with Gasteiger partial charge < -0.3 is 14.8 Å². The number of para-hydroxylation sites is 2. The molecule has 8 nitrogen and oxygen atoms in total. The van der Waals surface area contributed by atoms with E-state index in [1.807, 2.05) is 0 Å². The molecule has 0 fully saturated rings. The highest BCUT2D eigenvalue weighted by atomic mass is 19.1. The number of hydrogen-bond acceptors (Lipinski definition) is 6. The lowest BCUT2D eigenvalue weighted by Crippen LogP contribution is -2.30. The second kappa shape index (κ2) is 10.2. The van der Waals surface area contributed by atoms with Crippen molar-refractivity contribution in [2.75, 3.05) is 5.32 Å². The van der Waals surface area contributed by atoms with Crippen LogP contribution in [0.15, 0.2) is 72.8 Å². The molecule has 0 bridgehead atoms. The summed E-state index contributed by atoms with van der Waals surface area (Å²) in [6, 6.07) is 17.7. The van der Waals surface area contributed by atoms with Gasteiger partial charge in [-0.15, -0.1) is 0 Å². The first-order valence-corrected chi connectivity index (χ1v) is 9.56. The van der Waals surface area contributed by atoms with Crippen molar-refractivity contribution < 1.29 is 28.4 Å². The van der Waals surface area contributed by atoms with Crippen LogP contribution in [0.25, 0.3) is 0 Å². The van der Waals surface area contributed by atoms with E-state index >= 15 is 0 Å². The Morgan fingerprint density at radius 2 is 1.78 bits per heavy atom. The van der Waals surface area contributed by atoms with Crippen molar-refractivity contribution in [3.63, 3.8) is 0 Å². The maximum Gasteiger partial charge on any atom is 0.339 e. The largest absolute Gasteiger partial charge is 0.489 e. The fraction of sp³-hybridized carbons (Fsp3) is 0.130. The van der Waals surface area contributed by atoms with Gasteiger partial charge in [0, 0.05) is 6.07 Å². The van der Waals surface area contributed by atoms with E-state index in [1.54, 1.807) is 24.3 Å². The van der Waals surface area contributed by atoms with Crippen molar-refractivity contribution in [3.8, 4) is 5.75 Å². The van der Waals surface area contributed by atoms with Crippen LogP contribution in [0.5, 0.6) is 5.75 Å². The average Bonchev–Trinajstić information content (AvgIpc) is 2.79. The molecular weight excluding hydrogens is 419 g/mol. The molecule has 1 N–H and O–H groups in total. The van der Waals surface area contributed by atoms with E-state index in [2.05, 4.69) is 5.32 Å². The minimum absolute atomic E-state index is 0.00147. The number of amides is 1. The fourth-order valence-corrected chi connectivity index (χ4v) is 2.72. The van der Waals surface area contributed by atoms with Crippen LogP contribution in [0.1, 0.15) is 22.8 Å². The Hall–Kier alpha value is -4.27. The number of nitrogens with one attached hydrogen (secondary N) is 1. The number of esters is 1. The Kier molecular flexibility index (Phi) is 7.12. The maximum atomic E-state index is 13.0. The molecule has 1 amide bonds. The number of halogens is 1. The number of nitro groups is 1. The molecule has 3 rings (SSSR count). The van der Waals surface area contributed by atoms with Crippen LogP contribution in [-0.2, 0) is 16.1 Å². The van der Waals surface area contributed by atoms with Crippen molar-refractivity contribution in [3.05, 3.63) is 99.9 Å². The van der Waals surface area contributed by atoms with Gasteiger partial charge in [0.25, 0.3) is 11.6 Å². The van der Waals surface area contributed by atoms with Gasteiger partial charge in [0.15, 0.2) is 6.10 Å². The van der Waals surface area contributed by atoms with Crippen LogP contribution in [-0.4, -0.2) is 22.9 Å². The molecule has 164 valence electrons. The lowest BCUT2D eigenvalue weighted by atomic mass is 10.2. The predicted molar refractivity (Wildman–Crippen MR) is 114 cm³/mol. The summed E-state index contributed by atoms with van der Waals surface area (Å²) in [5.41, 5.74) is 0.638. The zero-order valence-electron chi connectivity index (χ0n) is 17.0. The van der Waals surface area contributed by atoms with Gasteiger partial charge in [-0.25, -0.2) is 9.18 Å². The summed E-state index contributed by atoms with van der Waals surface area (Å²) < 4.78 is 23.8. The predicted octanol–water partition coefficient (Wildman–Crippen LogP) is 4.50. The minimum atomic E-state index is -1.20. The Morgan fingerprint density at radius 3 is 2.50 bits per heavy atom. The Balaban J connectivity index is 1.60. The lowest BCUT2D eigenvalue weighted by molar-refractivity contribution is -0.383. The number of carbonyl (C=O) groups excluding carboxylic acids is 2. The van der Waals surface area contributed by atoms with E-state index in [0.29, 0.717) is 5.75 Å². The van der Waals surface area contributed by atoms with Gasteiger partial charge in [0.1, 0.15) is 23.9 Å². The summed E-state index contributed by atoms with van der Waals surface area (Å²) in [6.45, 7) is 1.53. The quantitative estimate of drug-likeness (QED) is 0.315. The summed E-state index contributed by atoms with van der Waals surface area (Å²) in [5.74, 6) is -1.43. The molecule has 0 aliphatic rings. The number of carbonyl (C=O) groups is 2. The molecule has 0 heterocycles. The summed E-state index contributed by atoms with van der Waals surface area (Å²) in [7, 11) is 0. The van der Waals surface area contributed by atoms with Crippen molar-refractivity contribution in [2.45, 2.75) is 19.6 Å². The number of benzene rings is 3. The van der Waals surface area contributed by atoms with Crippen molar-refractivity contribution in [1.82, 2.24) is 0 Å². The van der Waals surface area contributed by atoms with Gasteiger partial charge in [-0.1, -0.05) is 30.3 Å². The first kappa shape index (κ1) is 22.4. The number of nitrogens with zero attached hydrogens (tertiary/aromatic N) is 1. The van der Waals surface area contributed by atoms with E-state index in [1.165, 1.54) is 55.5 Å². The monoisotopic (exact) mass is 438 g/mol. The van der Waals surface area contributed by atoms with E-state index in [9.17, 15) is 24.1 Å². The molecular formula is C23H19FN2O6. The van der Waals surface area contributed by atoms with Gasteiger partial charge in [-0.05, 0) is 48.9 Å². The molecule has 0 aromatic heterocycles. The third kappa shape index (κ3) is 5.88. The SMILES string of the molecule is CC(OC(=O)c1cccc(OCc2ccc(F)cc2)c1)C(=O)Nc1ccccc1[N+](=O)[O-]. The second-order valence-electron chi connectivity index (χ2n) is 6.75. The molecule has 0 spiro atoms. The van der Waals surface area contributed by atoms with E-state index in [0.717, 1.165) is 5.56 Å². The summed E-state index contributed by atoms with van der Waals surface area (Å²) in [6.07, 6.45) is -1.20. The van der Waals surface area contributed by atoms with Gasteiger partial charge in [0.05, 0.1) is 10.5 Å². The number of nitro benzene ring substituents is 1. The maximum absolute atomic E-state index is 13.0. The van der Waals surface area contributed by atoms with Crippen LogP contribution in [0, 0.1) is 15.9 Å². The number of anilines is 1. The Bertz CT molecular complexity index is 1130. The van der Waals surface area contributed by atoms with Crippen LogP contribution in [0.2, 0.25) is 0 Å². The summed E-state index contributed by atoms with van der Waals surface area (Å²) >= 11 is 0. The topological polar surface area (TPSA) is 108 Å². The molecule has 0 saturated heterocycles. The molecule has 0 aliphatic heterocycles. The number of ether oxygens (including phenoxy) is 2. The zero-order valence-corrected chi connectivity index (χ0v) is 17.0. The van der Waals surface area contributed by atoms with E-state index < -0.39 is 22.9 Å². The van der Waals surface area contributed by atoms with Gasteiger partial charge >= 0.3 is 5.97 Å². The first-order valence-electron chi connectivity index (χ1n) is 9.56. The molecule has 1 unspecified atom stereocenters. The van der Waals surface area contributed by atoms with Gasteiger partial charge in [0.2, 0.25) is 0 Å². The average molecular weight is 438 g/mol. The molecule has 3 aromatic rings. The number of rotatable bonds is 8. The van der Waals surface area contributed by atoms with Crippen LogP contribution < -0.4 is 10.1 Å². The summed E-state index contributed by atoms with van der Waals surface area (Å²) in [5, 5.41) is 13.5. The van der Waals surface area contributed by atoms with E-state index in [-0.39, 0.29) is 29.4 Å². The molecule has 3 aromatic carbocycles. The van der Waals surface area contributed by atoms with Gasteiger partial charge in [-0.3, -0.25) is 14.9 Å². The lowest BCUT2D eigenvalue weighted by Gasteiger charge is -2.14. The Labute approximate surface area is 182 Å². The van der Waals surface area contributed by atoms with Crippen LogP contribution in [0.3, 0.4) is 0 Å². The molecule has 32 heavy (non-hydrogen) atoms. The van der Waals surface area contributed by atoms with Crippen molar-refractivity contribution >= 4 is 23.3 Å². The molecule has 9 heteroatoms. The standard InChI is InChI=1S/C23H19FN2O6/c1-15(22(27)25-20-7-2-3-8-21(20)26(29)30)32-23(28)17-5-4-6-19(13-17)31-14-16-9-11-18(24)12-10-16/h2-13,15H,14H2,1H3,(H,25,27). The van der Waals surface area contributed by atoms with Crippen molar-refractivity contribution in [1.29, 1.82) is 0 Å². The zero-order chi connectivity index (χ0) is 23.1. The first-order chi connectivity index (χ1) is 15.3. The van der Waals surface area contributed by atoms with Crippen molar-refractivity contribution in [2.24, 2.45) is 0 Å². The fourth-order valence-electron chi connectivity index (χ4n) is 2.72. The molecule has 0 saturated carbocycles. The highest BCUT2D eigenvalue weighted by Crippen LogP contribution is 2.23. The van der Waals surface area contributed by atoms with Gasteiger partial charge in [-0.2, -0.15) is 0 Å². The third-order valence-corrected chi connectivity index (χ3v) is 4.40. The second-order valence-corrected chi connectivity index (χ2v) is 6.75. The third-order valence-electron chi connectivity index (χ3n) is 4.40. The highest BCUT2D eigenvalue weighted by Gasteiger charge is 2.22. The minimum Gasteiger partial charge on any atom is -0.489 e. The molecule has 1 atom stereocenters. The molecule has 0 radical (unpaired) electrons. The smallest absolute Gasteiger partial charge is 0.339 e. The summed E-state index contributed by atoms with van der Waals surface area (Å²) in [4.78, 5) is 35.2.